The molecule has 1 aliphatic heterocycles. The summed E-state index contributed by atoms with van der Waals surface area (Å²) in [6.45, 7) is 2.78. The van der Waals surface area contributed by atoms with Gasteiger partial charge < -0.3 is 15.1 Å². The maximum absolute atomic E-state index is 13.2. The Morgan fingerprint density at radius 3 is 2.39 bits per heavy atom. The van der Waals surface area contributed by atoms with Crippen LogP contribution in [0.5, 0.6) is 0 Å². The van der Waals surface area contributed by atoms with Crippen LogP contribution in [0.25, 0.3) is 10.1 Å². The second-order valence-corrected chi connectivity index (χ2v) is 11.1. The second-order valence-electron chi connectivity index (χ2n) is 8.40. The van der Waals surface area contributed by atoms with E-state index in [9.17, 15) is 13.2 Å². The van der Waals surface area contributed by atoms with E-state index in [1.54, 1.807) is 12.1 Å². The van der Waals surface area contributed by atoms with Crippen LogP contribution in [0.3, 0.4) is 0 Å². The van der Waals surface area contributed by atoms with Gasteiger partial charge in [0.15, 0.2) is 5.78 Å². The van der Waals surface area contributed by atoms with Gasteiger partial charge in [0.1, 0.15) is 0 Å². The predicted molar refractivity (Wildman–Crippen MR) is 137 cm³/mol. The van der Waals surface area contributed by atoms with Gasteiger partial charge in [0.2, 0.25) is 10.0 Å². The van der Waals surface area contributed by atoms with Crippen LogP contribution in [-0.2, 0) is 26.0 Å². The number of hydrogen-bond acceptors (Lipinski definition) is 8. The minimum absolute atomic E-state index is 0.0143. The monoisotopic (exact) mass is 533 g/mol. The molecule has 12 heteroatoms. The van der Waals surface area contributed by atoms with Crippen molar-refractivity contribution in [3.63, 3.8) is 0 Å². The highest BCUT2D eigenvalue weighted by molar-refractivity contribution is 7.92. The fraction of sp³-hybridized carbons (Fsp3) is 0.333. The molecule has 2 aromatic heterocycles. The number of pyridine rings is 1. The van der Waals surface area contributed by atoms with Gasteiger partial charge in [0, 0.05) is 57.5 Å². The molecule has 3 heterocycles. The summed E-state index contributed by atoms with van der Waals surface area (Å²) in [4.78, 5) is 38.2. The van der Waals surface area contributed by atoms with Crippen molar-refractivity contribution in [1.29, 1.82) is 0 Å². The van der Waals surface area contributed by atoms with Gasteiger partial charge in [-0.3, -0.25) is 14.5 Å². The van der Waals surface area contributed by atoms with Crippen molar-refractivity contribution in [3.05, 3.63) is 59.2 Å². The summed E-state index contributed by atoms with van der Waals surface area (Å²) in [6.07, 6.45) is 5.56. The number of rotatable bonds is 7. The molecule has 0 spiro atoms. The number of aromatic nitrogens is 1. The molecule has 3 N–H and O–H groups in total. The largest absolute Gasteiger partial charge is 0.473 e. The van der Waals surface area contributed by atoms with E-state index in [0.717, 1.165) is 60.9 Å². The van der Waals surface area contributed by atoms with Crippen LogP contribution in [-0.4, -0.2) is 72.1 Å². The highest BCUT2D eigenvalue weighted by Gasteiger charge is 2.27. The SMILES string of the molecule is CS(=O)(=O)Nc1ccc2scc(C(=O)C3CCN(CCc4ccccn4)CC3)c2c1.O=C(O)C(=O)O. The highest BCUT2D eigenvalue weighted by Crippen LogP contribution is 2.32. The van der Waals surface area contributed by atoms with E-state index >= 15 is 0 Å². The summed E-state index contributed by atoms with van der Waals surface area (Å²) in [7, 11) is -3.36. The van der Waals surface area contributed by atoms with Crippen LogP contribution in [0, 0.1) is 5.92 Å². The zero-order valence-corrected chi connectivity index (χ0v) is 21.2. The van der Waals surface area contributed by atoms with Crippen LogP contribution in [0.4, 0.5) is 5.69 Å². The molecule has 3 aromatic rings. The summed E-state index contributed by atoms with van der Waals surface area (Å²) < 4.78 is 26.6. The first-order chi connectivity index (χ1) is 17.0. The number of carbonyl (C=O) groups is 3. The maximum Gasteiger partial charge on any atom is 0.414 e. The number of nitrogens with one attached hydrogen (secondary N) is 1. The maximum atomic E-state index is 13.2. The topological polar surface area (TPSA) is 154 Å². The zero-order valence-electron chi connectivity index (χ0n) is 19.6. The van der Waals surface area contributed by atoms with Gasteiger partial charge in [-0.1, -0.05) is 6.07 Å². The number of carboxylic acids is 2. The molecule has 0 saturated carbocycles. The number of anilines is 1. The lowest BCUT2D eigenvalue weighted by atomic mass is 9.88. The van der Waals surface area contributed by atoms with Gasteiger partial charge in [-0.2, -0.15) is 0 Å². The quantitative estimate of drug-likeness (QED) is 0.307. The number of carbonyl (C=O) groups excluding carboxylic acids is 1. The molecule has 36 heavy (non-hydrogen) atoms. The zero-order chi connectivity index (χ0) is 26.3. The van der Waals surface area contributed by atoms with Gasteiger partial charge in [-0.05, 0) is 56.3 Å². The number of fused-ring (bicyclic) bond motifs is 1. The molecule has 0 unspecified atom stereocenters. The average molecular weight is 534 g/mol. The van der Waals surface area contributed by atoms with Crippen molar-refractivity contribution in [2.75, 3.05) is 30.6 Å². The molecule has 192 valence electrons. The molecular weight excluding hydrogens is 506 g/mol. The molecule has 0 aliphatic carbocycles. The van der Waals surface area contributed by atoms with E-state index in [-0.39, 0.29) is 11.7 Å². The first-order valence-corrected chi connectivity index (χ1v) is 13.9. The van der Waals surface area contributed by atoms with Crippen molar-refractivity contribution < 1.29 is 33.0 Å². The molecule has 4 rings (SSSR count). The predicted octanol–water partition coefficient (Wildman–Crippen LogP) is 2.96. The molecule has 1 fully saturated rings. The summed E-state index contributed by atoms with van der Waals surface area (Å²) in [5, 5.41) is 17.5. The van der Waals surface area contributed by atoms with Gasteiger partial charge in [-0.25, -0.2) is 18.0 Å². The third-order valence-electron chi connectivity index (χ3n) is 5.69. The average Bonchev–Trinajstić information content (AvgIpc) is 3.26. The molecule has 10 nitrogen and oxygen atoms in total. The van der Waals surface area contributed by atoms with Gasteiger partial charge in [-0.15, -0.1) is 11.3 Å². The lowest BCUT2D eigenvalue weighted by Crippen LogP contribution is -2.37. The number of piperidine rings is 1. The number of Topliss-reactive ketones (excluding diaryl/α,β-unsaturated/α-hetero) is 1. The van der Waals surface area contributed by atoms with Crippen molar-refractivity contribution >= 4 is 54.9 Å². The Morgan fingerprint density at radius 1 is 1.11 bits per heavy atom. The number of thiophene rings is 1. The first-order valence-electron chi connectivity index (χ1n) is 11.1. The van der Waals surface area contributed by atoms with E-state index in [2.05, 4.69) is 14.6 Å². The lowest BCUT2D eigenvalue weighted by molar-refractivity contribution is -0.159. The number of likely N-dealkylation sites (tertiary alicyclic amines) is 1. The number of carboxylic acid groups (broad SMARTS) is 2. The van der Waals surface area contributed by atoms with Gasteiger partial charge in [0.05, 0.1) is 6.26 Å². The number of aliphatic carboxylic acids is 2. The summed E-state index contributed by atoms with van der Waals surface area (Å²) in [6, 6.07) is 11.3. The molecule has 0 radical (unpaired) electrons. The number of sulfonamides is 1. The van der Waals surface area contributed by atoms with E-state index in [0.29, 0.717) is 11.3 Å². The Hall–Kier alpha value is -3.35. The Bertz CT molecular complexity index is 1320. The summed E-state index contributed by atoms with van der Waals surface area (Å²) in [5.41, 5.74) is 2.29. The lowest BCUT2D eigenvalue weighted by Gasteiger charge is -2.31. The molecular formula is C24H27N3O7S2. The van der Waals surface area contributed by atoms with E-state index < -0.39 is 22.0 Å². The van der Waals surface area contributed by atoms with Crippen LogP contribution in [0.1, 0.15) is 28.9 Å². The van der Waals surface area contributed by atoms with E-state index in [4.69, 9.17) is 19.8 Å². The number of hydrogen-bond donors (Lipinski definition) is 3. The van der Waals surface area contributed by atoms with Crippen LogP contribution < -0.4 is 4.72 Å². The van der Waals surface area contributed by atoms with Crippen LogP contribution >= 0.6 is 11.3 Å². The fourth-order valence-corrected chi connectivity index (χ4v) is 5.44. The first kappa shape index (κ1) is 27.2. The van der Waals surface area contributed by atoms with Crippen LogP contribution in [0.15, 0.2) is 48.0 Å². The Labute approximate surface area is 212 Å². The second kappa shape index (κ2) is 12.1. The highest BCUT2D eigenvalue weighted by atomic mass is 32.2. The normalized spacial score (nSPS) is 14.6. The smallest absolute Gasteiger partial charge is 0.414 e. The molecule has 0 bridgehead atoms. The van der Waals surface area contributed by atoms with Gasteiger partial charge in [0.25, 0.3) is 0 Å². The number of ketones is 1. The molecule has 1 aromatic carbocycles. The third-order valence-corrected chi connectivity index (χ3v) is 7.26. The molecule has 1 saturated heterocycles. The Morgan fingerprint density at radius 2 is 1.81 bits per heavy atom. The third kappa shape index (κ3) is 7.83. The molecule has 1 aliphatic rings. The Balaban J connectivity index is 0.000000538. The van der Waals surface area contributed by atoms with Crippen molar-refractivity contribution in [2.45, 2.75) is 19.3 Å². The standard InChI is InChI=1S/C22H25N3O3S2.C2H2O4/c1-30(27,28)24-18-5-6-21-19(14-18)20(15-29-21)22(26)16-7-11-25(12-8-16)13-9-17-4-2-3-10-23-17;3-1(4)2(5)6/h2-6,10,14-16,24H,7-9,11-13H2,1H3;(H,3,4)(H,5,6). The van der Waals surface area contributed by atoms with E-state index in [1.807, 2.05) is 35.8 Å². The summed E-state index contributed by atoms with van der Waals surface area (Å²) in [5.74, 6) is -3.47. The van der Waals surface area contributed by atoms with Gasteiger partial charge >= 0.3 is 11.9 Å². The molecule has 0 atom stereocenters. The number of nitrogens with zero attached hydrogens (tertiary/aromatic N) is 2. The minimum atomic E-state index is -3.36. The number of benzene rings is 1. The van der Waals surface area contributed by atoms with Crippen molar-refractivity contribution in [1.82, 2.24) is 9.88 Å². The van der Waals surface area contributed by atoms with E-state index in [1.165, 1.54) is 11.3 Å². The van der Waals surface area contributed by atoms with Crippen LogP contribution in [0.2, 0.25) is 0 Å². The minimum Gasteiger partial charge on any atom is -0.473 e. The fourth-order valence-electron chi connectivity index (χ4n) is 3.95. The van der Waals surface area contributed by atoms with Crippen molar-refractivity contribution in [3.8, 4) is 0 Å². The Kier molecular flexibility index (Phi) is 9.13. The van der Waals surface area contributed by atoms with Crippen molar-refractivity contribution in [2.24, 2.45) is 5.92 Å². The molecule has 0 amide bonds. The summed E-state index contributed by atoms with van der Waals surface area (Å²) >= 11 is 1.52.